The number of urea groups is 1. The van der Waals surface area contributed by atoms with Gasteiger partial charge in [0.05, 0.1) is 7.11 Å². The minimum Gasteiger partial charge on any atom is -0.497 e. The lowest BCUT2D eigenvalue weighted by atomic mass is 9.99. The van der Waals surface area contributed by atoms with Crippen LogP contribution in [0.25, 0.3) is 0 Å². The summed E-state index contributed by atoms with van der Waals surface area (Å²) in [5.41, 5.74) is 2.44. The van der Waals surface area contributed by atoms with E-state index in [0.717, 1.165) is 43.7 Å². The van der Waals surface area contributed by atoms with Gasteiger partial charge in [0, 0.05) is 32.0 Å². The van der Waals surface area contributed by atoms with Crippen LogP contribution in [0, 0.1) is 5.92 Å². The van der Waals surface area contributed by atoms with Gasteiger partial charge in [-0.3, -0.25) is 4.98 Å². The fraction of sp³-hybridized carbons (Fsp3) is 0.400. The number of ether oxygens (including phenoxy) is 1. The molecule has 5 heteroatoms. The van der Waals surface area contributed by atoms with Crippen molar-refractivity contribution in [1.29, 1.82) is 0 Å². The SMILES string of the molecule is COc1ccc(CC2CCN(C(=O)NCCc3cccnc3)C2)cc1. The maximum absolute atomic E-state index is 12.3. The van der Waals surface area contributed by atoms with Gasteiger partial charge in [0.2, 0.25) is 0 Å². The molecule has 1 aromatic heterocycles. The molecular formula is C20H25N3O2. The Morgan fingerprint density at radius 2 is 2.12 bits per heavy atom. The average molecular weight is 339 g/mol. The molecule has 2 amide bonds. The molecule has 132 valence electrons. The van der Waals surface area contributed by atoms with Gasteiger partial charge in [0.1, 0.15) is 5.75 Å². The third-order valence-electron chi connectivity index (χ3n) is 4.67. The summed E-state index contributed by atoms with van der Waals surface area (Å²) in [5, 5.41) is 3.02. The Morgan fingerprint density at radius 1 is 1.28 bits per heavy atom. The second-order valence-corrected chi connectivity index (χ2v) is 6.50. The Labute approximate surface area is 149 Å². The van der Waals surface area contributed by atoms with Crippen LogP contribution in [0.5, 0.6) is 5.75 Å². The highest BCUT2D eigenvalue weighted by atomic mass is 16.5. The lowest BCUT2D eigenvalue weighted by molar-refractivity contribution is 0.207. The molecule has 1 unspecified atom stereocenters. The van der Waals surface area contributed by atoms with Crippen molar-refractivity contribution in [3.8, 4) is 5.75 Å². The Balaban J connectivity index is 1.41. The number of amides is 2. The van der Waals surface area contributed by atoms with E-state index in [1.165, 1.54) is 5.56 Å². The Kier molecular flexibility index (Phi) is 5.88. The van der Waals surface area contributed by atoms with Gasteiger partial charge in [-0.25, -0.2) is 4.79 Å². The minimum atomic E-state index is 0.0427. The molecule has 1 aromatic carbocycles. The molecule has 1 aliphatic heterocycles. The van der Waals surface area contributed by atoms with E-state index in [9.17, 15) is 4.79 Å². The topological polar surface area (TPSA) is 54.5 Å². The molecule has 3 rings (SSSR count). The van der Waals surface area contributed by atoms with E-state index >= 15 is 0 Å². The number of hydrogen-bond acceptors (Lipinski definition) is 3. The summed E-state index contributed by atoms with van der Waals surface area (Å²) in [7, 11) is 1.68. The van der Waals surface area contributed by atoms with Gasteiger partial charge in [0.25, 0.3) is 0 Å². The Morgan fingerprint density at radius 3 is 2.84 bits per heavy atom. The number of carbonyl (C=O) groups excluding carboxylic acids is 1. The van der Waals surface area contributed by atoms with Crippen LogP contribution in [0.1, 0.15) is 17.5 Å². The Bertz CT molecular complexity index is 673. The number of nitrogens with zero attached hydrogens (tertiary/aromatic N) is 2. The van der Waals surface area contributed by atoms with E-state index in [2.05, 4.69) is 22.4 Å². The quantitative estimate of drug-likeness (QED) is 0.880. The van der Waals surface area contributed by atoms with Crippen molar-refractivity contribution in [1.82, 2.24) is 15.2 Å². The van der Waals surface area contributed by atoms with Gasteiger partial charge in [-0.15, -0.1) is 0 Å². The normalized spacial score (nSPS) is 16.7. The number of rotatable bonds is 6. The summed E-state index contributed by atoms with van der Waals surface area (Å²) in [6, 6.07) is 12.2. The fourth-order valence-electron chi connectivity index (χ4n) is 3.25. The van der Waals surface area contributed by atoms with E-state index in [4.69, 9.17) is 4.74 Å². The number of hydrogen-bond donors (Lipinski definition) is 1. The first-order valence-corrected chi connectivity index (χ1v) is 8.79. The molecule has 5 nitrogen and oxygen atoms in total. The standard InChI is InChI=1S/C20H25N3O2/c1-25-19-6-4-16(5-7-19)13-18-9-12-23(15-18)20(24)22-11-8-17-3-2-10-21-14-17/h2-7,10,14,18H,8-9,11-13,15H2,1H3,(H,22,24). The first-order valence-electron chi connectivity index (χ1n) is 8.79. The molecule has 2 heterocycles. The molecule has 25 heavy (non-hydrogen) atoms. The zero-order valence-electron chi connectivity index (χ0n) is 14.6. The number of likely N-dealkylation sites (tertiary alicyclic amines) is 1. The van der Waals surface area contributed by atoms with Crippen molar-refractivity contribution in [2.45, 2.75) is 19.3 Å². The molecule has 2 aromatic rings. The molecular weight excluding hydrogens is 314 g/mol. The highest BCUT2D eigenvalue weighted by molar-refractivity contribution is 5.74. The zero-order chi connectivity index (χ0) is 17.5. The van der Waals surface area contributed by atoms with Crippen molar-refractivity contribution in [2.24, 2.45) is 5.92 Å². The van der Waals surface area contributed by atoms with E-state index < -0.39 is 0 Å². The predicted molar refractivity (Wildman–Crippen MR) is 97.7 cm³/mol. The largest absolute Gasteiger partial charge is 0.497 e. The zero-order valence-corrected chi connectivity index (χ0v) is 14.6. The van der Waals surface area contributed by atoms with Crippen molar-refractivity contribution < 1.29 is 9.53 Å². The van der Waals surface area contributed by atoms with Crippen LogP contribution in [-0.2, 0) is 12.8 Å². The number of carbonyl (C=O) groups is 1. The lowest BCUT2D eigenvalue weighted by Gasteiger charge is -2.17. The highest BCUT2D eigenvalue weighted by Crippen LogP contribution is 2.22. The third-order valence-corrected chi connectivity index (χ3v) is 4.67. The summed E-state index contributed by atoms with van der Waals surface area (Å²) in [6.45, 7) is 2.30. The van der Waals surface area contributed by atoms with Gasteiger partial charge in [-0.2, -0.15) is 0 Å². The van der Waals surface area contributed by atoms with Gasteiger partial charge < -0.3 is 15.0 Å². The van der Waals surface area contributed by atoms with E-state index in [0.29, 0.717) is 12.5 Å². The monoisotopic (exact) mass is 339 g/mol. The first kappa shape index (κ1) is 17.3. The lowest BCUT2D eigenvalue weighted by Crippen LogP contribution is -2.39. The molecule has 1 saturated heterocycles. The van der Waals surface area contributed by atoms with Gasteiger partial charge in [-0.1, -0.05) is 18.2 Å². The van der Waals surface area contributed by atoms with Crippen LogP contribution in [-0.4, -0.2) is 42.7 Å². The summed E-state index contributed by atoms with van der Waals surface area (Å²) in [5.74, 6) is 1.40. The molecule has 0 saturated carbocycles. The Hall–Kier alpha value is -2.56. The predicted octanol–water partition coefficient (Wildman–Crippen LogP) is 2.91. The molecule has 0 radical (unpaired) electrons. The van der Waals surface area contributed by atoms with E-state index in [1.54, 1.807) is 13.3 Å². The smallest absolute Gasteiger partial charge is 0.317 e. The number of pyridine rings is 1. The molecule has 1 aliphatic rings. The second kappa shape index (κ2) is 8.51. The van der Waals surface area contributed by atoms with E-state index in [1.807, 2.05) is 35.4 Å². The highest BCUT2D eigenvalue weighted by Gasteiger charge is 2.26. The molecule has 0 aliphatic carbocycles. The molecule has 1 N–H and O–H groups in total. The molecule has 1 atom stereocenters. The van der Waals surface area contributed by atoms with Crippen molar-refractivity contribution in [2.75, 3.05) is 26.7 Å². The first-order chi connectivity index (χ1) is 12.2. The number of benzene rings is 1. The molecule has 1 fully saturated rings. The maximum atomic E-state index is 12.3. The average Bonchev–Trinajstić information content (AvgIpc) is 3.12. The summed E-state index contributed by atoms with van der Waals surface area (Å²) < 4.78 is 5.19. The van der Waals surface area contributed by atoms with Crippen LogP contribution in [0.15, 0.2) is 48.8 Å². The van der Waals surface area contributed by atoms with Gasteiger partial charge in [0.15, 0.2) is 0 Å². The van der Waals surface area contributed by atoms with Crippen molar-refractivity contribution in [3.63, 3.8) is 0 Å². The van der Waals surface area contributed by atoms with Crippen LogP contribution < -0.4 is 10.1 Å². The number of aromatic nitrogens is 1. The summed E-state index contributed by atoms with van der Waals surface area (Å²) in [6.07, 6.45) is 6.47. The summed E-state index contributed by atoms with van der Waals surface area (Å²) >= 11 is 0. The number of nitrogens with one attached hydrogen (secondary N) is 1. The molecule has 0 bridgehead atoms. The number of methoxy groups -OCH3 is 1. The van der Waals surface area contributed by atoms with Crippen molar-refractivity contribution in [3.05, 3.63) is 59.9 Å². The fourth-order valence-corrected chi connectivity index (χ4v) is 3.25. The van der Waals surface area contributed by atoms with Crippen molar-refractivity contribution >= 4 is 6.03 Å². The third kappa shape index (κ3) is 4.95. The van der Waals surface area contributed by atoms with Crippen LogP contribution in [0.4, 0.5) is 4.79 Å². The second-order valence-electron chi connectivity index (χ2n) is 6.50. The maximum Gasteiger partial charge on any atom is 0.317 e. The van der Waals surface area contributed by atoms with Crippen LogP contribution >= 0.6 is 0 Å². The van der Waals surface area contributed by atoms with Gasteiger partial charge >= 0.3 is 6.03 Å². The van der Waals surface area contributed by atoms with Gasteiger partial charge in [-0.05, 0) is 54.5 Å². The van der Waals surface area contributed by atoms with E-state index in [-0.39, 0.29) is 6.03 Å². The minimum absolute atomic E-state index is 0.0427. The molecule has 0 spiro atoms. The van der Waals surface area contributed by atoms with Crippen LogP contribution in [0.2, 0.25) is 0 Å². The summed E-state index contributed by atoms with van der Waals surface area (Å²) in [4.78, 5) is 18.3. The van der Waals surface area contributed by atoms with Crippen LogP contribution in [0.3, 0.4) is 0 Å².